The minimum Gasteiger partial charge on any atom is -0.376 e. The molecule has 0 radical (unpaired) electrons. The largest absolute Gasteiger partial charge is 0.376 e. The molecule has 2 aromatic rings. The Morgan fingerprint density at radius 2 is 1.93 bits per heavy atom. The molecule has 1 saturated heterocycles. The van der Waals surface area contributed by atoms with Crippen molar-refractivity contribution >= 4 is 11.8 Å². The molecule has 2 amide bonds. The van der Waals surface area contributed by atoms with E-state index in [2.05, 4.69) is 16.0 Å². The van der Waals surface area contributed by atoms with Gasteiger partial charge in [-0.3, -0.25) is 14.8 Å². The van der Waals surface area contributed by atoms with Crippen LogP contribution in [0.15, 0.2) is 30.7 Å². The number of ether oxygens (including phenoxy) is 1. The predicted octanol–water partition coefficient (Wildman–Crippen LogP) is 1.91. The zero-order chi connectivity index (χ0) is 20.2. The maximum Gasteiger partial charge on any atom is 0.320 e. The van der Waals surface area contributed by atoms with Crippen molar-refractivity contribution < 1.29 is 14.6 Å². The van der Waals surface area contributed by atoms with E-state index in [4.69, 9.17) is 10.5 Å². The third-order valence-electron chi connectivity index (χ3n) is 5.52. The van der Waals surface area contributed by atoms with Crippen LogP contribution in [0.3, 0.4) is 0 Å². The first-order valence-electron chi connectivity index (χ1n) is 10.1. The van der Waals surface area contributed by atoms with Gasteiger partial charge in [0, 0.05) is 49.4 Å². The fraction of sp³-hybridized carbons (Fsp3) is 0.476. The minimum absolute atomic E-state index is 0.285. The van der Waals surface area contributed by atoms with Crippen LogP contribution in [0.1, 0.15) is 30.4 Å². The van der Waals surface area contributed by atoms with E-state index >= 15 is 0 Å². The fourth-order valence-electron chi connectivity index (χ4n) is 3.99. The zero-order valence-electron chi connectivity index (χ0n) is 16.5. The van der Waals surface area contributed by atoms with Gasteiger partial charge >= 0.3 is 6.03 Å². The second-order valence-electron chi connectivity index (χ2n) is 7.62. The number of carbonyl (C=O) groups excluding carboxylic acids is 1. The van der Waals surface area contributed by atoms with Crippen molar-refractivity contribution in [3.05, 3.63) is 41.9 Å². The summed E-state index contributed by atoms with van der Waals surface area (Å²) in [5.74, 6) is 0.649. The third-order valence-corrected chi connectivity index (χ3v) is 5.52. The van der Waals surface area contributed by atoms with Crippen LogP contribution in [0.5, 0.6) is 0 Å². The number of anilines is 1. The molecule has 4 heterocycles. The summed E-state index contributed by atoms with van der Waals surface area (Å²) < 4.78 is 5.71. The van der Waals surface area contributed by atoms with Gasteiger partial charge in [0.05, 0.1) is 13.2 Å². The van der Waals surface area contributed by atoms with Crippen LogP contribution in [-0.4, -0.2) is 58.5 Å². The lowest BCUT2D eigenvalue weighted by Crippen LogP contribution is -2.40. The fourth-order valence-corrected chi connectivity index (χ4v) is 3.99. The highest BCUT2D eigenvalue weighted by atomic mass is 16.5. The Morgan fingerprint density at radius 1 is 1.14 bits per heavy atom. The average Bonchev–Trinajstić information content (AvgIpc) is 3.28. The van der Waals surface area contributed by atoms with Crippen molar-refractivity contribution in [1.82, 2.24) is 14.9 Å². The average molecular weight is 397 g/mol. The Balaban J connectivity index is 1.42. The van der Waals surface area contributed by atoms with Crippen LogP contribution in [0.4, 0.5) is 10.6 Å². The summed E-state index contributed by atoms with van der Waals surface area (Å²) >= 11 is 0. The number of amides is 2. The Morgan fingerprint density at radius 3 is 2.72 bits per heavy atom. The third kappa shape index (κ3) is 4.55. The summed E-state index contributed by atoms with van der Waals surface area (Å²) in [6.07, 6.45) is 8.76. The molecule has 1 atom stereocenters. The molecule has 29 heavy (non-hydrogen) atoms. The van der Waals surface area contributed by atoms with Crippen LogP contribution in [0.2, 0.25) is 0 Å². The van der Waals surface area contributed by atoms with Gasteiger partial charge in [0.1, 0.15) is 12.0 Å². The van der Waals surface area contributed by atoms with E-state index in [1.165, 1.54) is 4.90 Å². The van der Waals surface area contributed by atoms with Gasteiger partial charge in [0.25, 0.3) is 0 Å². The second-order valence-corrected chi connectivity index (χ2v) is 7.62. The van der Waals surface area contributed by atoms with Crippen molar-refractivity contribution in [1.29, 1.82) is 0 Å². The van der Waals surface area contributed by atoms with Crippen molar-refractivity contribution in [3.8, 4) is 11.1 Å². The summed E-state index contributed by atoms with van der Waals surface area (Å²) in [4.78, 5) is 24.0. The molecule has 8 nitrogen and oxygen atoms in total. The molecule has 2 aromatic heterocycles. The summed E-state index contributed by atoms with van der Waals surface area (Å²) in [6, 6.07) is 3.60. The number of primary amides is 1. The van der Waals surface area contributed by atoms with Crippen LogP contribution in [-0.2, 0) is 17.8 Å². The maximum atomic E-state index is 11.6. The molecule has 4 rings (SSSR count). The molecule has 3 N–H and O–H groups in total. The van der Waals surface area contributed by atoms with Gasteiger partial charge in [0.2, 0.25) is 0 Å². The number of pyridine rings is 2. The number of rotatable bonds is 6. The van der Waals surface area contributed by atoms with Gasteiger partial charge in [-0.25, -0.2) is 9.78 Å². The van der Waals surface area contributed by atoms with Gasteiger partial charge in [0.15, 0.2) is 0 Å². The molecular weight excluding hydrogens is 370 g/mol. The van der Waals surface area contributed by atoms with E-state index in [1.54, 1.807) is 18.6 Å². The number of likely N-dealkylation sites (tertiary alicyclic amines) is 1. The van der Waals surface area contributed by atoms with Crippen molar-refractivity contribution in [2.45, 2.75) is 38.5 Å². The molecule has 2 aliphatic heterocycles. The molecule has 1 unspecified atom stereocenters. The minimum atomic E-state index is -0.549. The second kappa shape index (κ2) is 8.86. The number of aromatic nitrogens is 2. The highest BCUT2D eigenvalue weighted by Crippen LogP contribution is 2.29. The first-order chi connectivity index (χ1) is 14.1. The van der Waals surface area contributed by atoms with E-state index in [-0.39, 0.29) is 6.61 Å². The number of nitrogens with zero attached hydrogens (tertiary/aromatic N) is 4. The Hall–Kier alpha value is -2.55. The number of aliphatic hydroxyl groups excluding tert-OH is 1. The van der Waals surface area contributed by atoms with Crippen molar-refractivity contribution in [3.63, 3.8) is 0 Å². The molecule has 2 aliphatic rings. The SMILES string of the molecule is NC(=O)N1CCCc2cc(-c3cncc(COCC(O)N4CCCC4)c3)cnc21. The normalized spacial score (nSPS) is 17.9. The summed E-state index contributed by atoms with van der Waals surface area (Å²) in [5.41, 5.74) is 9.30. The quantitative estimate of drug-likeness (QED) is 0.771. The predicted molar refractivity (Wildman–Crippen MR) is 109 cm³/mol. The van der Waals surface area contributed by atoms with E-state index in [1.807, 2.05) is 11.0 Å². The van der Waals surface area contributed by atoms with Gasteiger partial charge in [-0.2, -0.15) is 0 Å². The van der Waals surface area contributed by atoms with Gasteiger partial charge in [-0.05, 0) is 48.9 Å². The standard InChI is InChI=1S/C21H27N5O3/c22-21(28)26-7-3-4-16-9-18(12-24-20(16)26)17-8-15(10-23-11-17)13-29-14-19(27)25-5-1-2-6-25/h8-12,19,27H,1-7,13-14H2,(H2,22,28). The number of hydrogen-bond acceptors (Lipinski definition) is 6. The van der Waals surface area contributed by atoms with E-state index < -0.39 is 12.3 Å². The molecule has 1 fully saturated rings. The van der Waals surface area contributed by atoms with Crippen molar-refractivity contribution in [2.75, 3.05) is 31.1 Å². The topological polar surface area (TPSA) is 105 Å². The summed E-state index contributed by atoms with van der Waals surface area (Å²) in [7, 11) is 0. The van der Waals surface area contributed by atoms with Crippen LogP contribution in [0.25, 0.3) is 11.1 Å². The lowest BCUT2D eigenvalue weighted by molar-refractivity contribution is -0.0531. The van der Waals surface area contributed by atoms with Gasteiger partial charge in [-0.1, -0.05) is 0 Å². The number of fused-ring (bicyclic) bond motifs is 1. The van der Waals surface area contributed by atoms with Crippen LogP contribution < -0.4 is 10.6 Å². The number of aryl methyl sites for hydroxylation is 1. The summed E-state index contributed by atoms with van der Waals surface area (Å²) in [6.45, 7) is 3.14. The molecule has 154 valence electrons. The Kier molecular flexibility index (Phi) is 6.03. The van der Waals surface area contributed by atoms with Crippen molar-refractivity contribution in [2.24, 2.45) is 5.73 Å². The number of urea groups is 1. The van der Waals surface area contributed by atoms with Crippen LogP contribution in [0, 0.1) is 0 Å². The smallest absolute Gasteiger partial charge is 0.320 e. The first-order valence-corrected chi connectivity index (χ1v) is 10.1. The number of carbonyl (C=O) groups is 1. The molecular formula is C21H27N5O3. The molecule has 0 bridgehead atoms. The van der Waals surface area contributed by atoms with Gasteiger partial charge in [-0.15, -0.1) is 0 Å². The molecule has 0 aliphatic carbocycles. The zero-order valence-corrected chi connectivity index (χ0v) is 16.5. The number of hydrogen-bond donors (Lipinski definition) is 2. The lowest BCUT2D eigenvalue weighted by Gasteiger charge is -2.26. The Labute approximate surface area is 170 Å². The Bertz CT molecular complexity index is 869. The van der Waals surface area contributed by atoms with E-state index in [0.29, 0.717) is 19.0 Å². The first kappa shape index (κ1) is 19.8. The van der Waals surface area contributed by atoms with Crippen LogP contribution >= 0.6 is 0 Å². The highest BCUT2D eigenvalue weighted by Gasteiger charge is 2.22. The van der Waals surface area contributed by atoms with E-state index in [9.17, 15) is 9.90 Å². The summed E-state index contributed by atoms with van der Waals surface area (Å²) in [5, 5.41) is 10.2. The molecule has 0 spiro atoms. The van der Waals surface area contributed by atoms with Gasteiger partial charge < -0.3 is 15.6 Å². The lowest BCUT2D eigenvalue weighted by atomic mass is 10.0. The maximum absolute atomic E-state index is 11.6. The highest BCUT2D eigenvalue weighted by molar-refractivity contribution is 5.91. The van der Waals surface area contributed by atoms with E-state index in [0.717, 1.165) is 61.0 Å². The molecule has 8 heteroatoms. The molecule has 0 aromatic carbocycles. The molecule has 0 saturated carbocycles. The monoisotopic (exact) mass is 397 g/mol. The number of nitrogens with two attached hydrogens (primary N) is 1. The number of aliphatic hydroxyl groups is 1.